The average molecular weight is 323 g/mol. The van der Waals surface area contributed by atoms with Gasteiger partial charge < -0.3 is 11.1 Å². The lowest BCUT2D eigenvalue weighted by Gasteiger charge is -2.06. The van der Waals surface area contributed by atoms with Crippen molar-refractivity contribution in [2.24, 2.45) is 0 Å². The van der Waals surface area contributed by atoms with E-state index in [0.717, 1.165) is 14.6 Å². The number of terminal acetylenes is 1. The molecule has 3 nitrogen and oxygen atoms in total. The molecular weight excluding hydrogens is 312 g/mol. The standard InChI is InChI=1S/C13H11BrN2OS/c1-3-7(2)16-13(17)12-11(15)9-5-4-8(14)6-10(9)18-12/h1,4-7H,15H2,2H3,(H,16,17). The predicted molar refractivity (Wildman–Crippen MR) is 79.7 cm³/mol. The van der Waals surface area contributed by atoms with Crippen LogP contribution in [0.25, 0.3) is 10.1 Å². The zero-order valence-corrected chi connectivity index (χ0v) is 12.1. The monoisotopic (exact) mass is 322 g/mol. The number of nitrogens with two attached hydrogens (primary N) is 1. The second-order valence-electron chi connectivity index (χ2n) is 3.85. The molecule has 2 rings (SSSR count). The molecule has 1 unspecified atom stereocenters. The summed E-state index contributed by atoms with van der Waals surface area (Å²) in [5.74, 6) is 2.23. The molecule has 1 heterocycles. The van der Waals surface area contributed by atoms with Crippen LogP contribution >= 0.6 is 27.3 Å². The zero-order chi connectivity index (χ0) is 13.3. The third-order valence-electron chi connectivity index (χ3n) is 2.49. The molecule has 0 aliphatic carbocycles. The number of carbonyl (C=O) groups excluding carboxylic acids is 1. The van der Waals surface area contributed by atoms with E-state index in [4.69, 9.17) is 12.2 Å². The van der Waals surface area contributed by atoms with Gasteiger partial charge in [-0.05, 0) is 19.1 Å². The second-order valence-corrected chi connectivity index (χ2v) is 5.82. The summed E-state index contributed by atoms with van der Waals surface area (Å²) < 4.78 is 1.93. The third-order valence-corrected chi connectivity index (χ3v) is 4.15. The highest BCUT2D eigenvalue weighted by Gasteiger charge is 2.17. The summed E-state index contributed by atoms with van der Waals surface area (Å²) in [5, 5.41) is 3.60. The third kappa shape index (κ3) is 2.35. The van der Waals surface area contributed by atoms with Crippen molar-refractivity contribution < 1.29 is 4.79 Å². The van der Waals surface area contributed by atoms with Crippen LogP contribution in [0, 0.1) is 12.3 Å². The first-order chi connectivity index (χ1) is 8.52. The number of thiophene rings is 1. The van der Waals surface area contributed by atoms with Crippen molar-refractivity contribution in [1.82, 2.24) is 5.32 Å². The highest BCUT2D eigenvalue weighted by Crippen LogP contribution is 2.35. The largest absolute Gasteiger partial charge is 0.397 e. The molecule has 1 aromatic carbocycles. The van der Waals surface area contributed by atoms with Crippen LogP contribution in [0.15, 0.2) is 22.7 Å². The number of anilines is 1. The number of hydrogen-bond acceptors (Lipinski definition) is 3. The topological polar surface area (TPSA) is 55.1 Å². The quantitative estimate of drug-likeness (QED) is 0.835. The number of hydrogen-bond donors (Lipinski definition) is 2. The van der Waals surface area contributed by atoms with Crippen LogP contribution in [0.4, 0.5) is 5.69 Å². The Morgan fingerprint density at radius 2 is 2.33 bits per heavy atom. The Morgan fingerprint density at radius 1 is 1.61 bits per heavy atom. The Morgan fingerprint density at radius 3 is 3.00 bits per heavy atom. The van der Waals surface area contributed by atoms with E-state index >= 15 is 0 Å². The van der Waals surface area contributed by atoms with Gasteiger partial charge in [-0.15, -0.1) is 17.8 Å². The second kappa shape index (κ2) is 5.01. The molecule has 0 aliphatic heterocycles. The van der Waals surface area contributed by atoms with Gasteiger partial charge in [0, 0.05) is 14.6 Å². The van der Waals surface area contributed by atoms with Crippen LogP contribution < -0.4 is 11.1 Å². The van der Waals surface area contributed by atoms with Crippen molar-refractivity contribution in [2.75, 3.05) is 5.73 Å². The van der Waals surface area contributed by atoms with Crippen molar-refractivity contribution in [3.63, 3.8) is 0 Å². The van der Waals surface area contributed by atoms with Gasteiger partial charge in [0.2, 0.25) is 0 Å². The van der Waals surface area contributed by atoms with Crippen molar-refractivity contribution in [3.8, 4) is 12.3 Å². The van der Waals surface area contributed by atoms with Crippen LogP contribution in [-0.2, 0) is 0 Å². The SMILES string of the molecule is C#CC(C)NC(=O)c1sc2cc(Br)ccc2c1N. The number of nitrogen functional groups attached to an aromatic ring is 1. The Bertz CT molecular complexity index is 657. The van der Waals surface area contributed by atoms with Gasteiger partial charge in [-0.3, -0.25) is 4.79 Å². The number of rotatable bonds is 2. The number of amides is 1. The molecule has 0 fully saturated rings. The Kier molecular flexibility index (Phi) is 3.60. The van der Waals surface area contributed by atoms with E-state index in [2.05, 4.69) is 27.2 Å². The van der Waals surface area contributed by atoms with E-state index in [1.807, 2.05) is 18.2 Å². The summed E-state index contributed by atoms with van der Waals surface area (Å²) in [4.78, 5) is 12.5. The van der Waals surface area contributed by atoms with Crippen molar-refractivity contribution in [3.05, 3.63) is 27.5 Å². The minimum Gasteiger partial charge on any atom is -0.397 e. The van der Waals surface area contributed by atoms with Crippen molar-refractivity contribution in [1.29, 1.82) is 0 Å². The van der Waals surface area contributed by atoms with Gasteiger partial charge in [0.15, 0.2) is 0 Å². The molecular formula is C13H11BrN2OS. The predicted octanol–water partition coefficient (Wildman–Crippen LogP) is 3.00. The first-order valence-corrected chi connectivity index (χ1v) is 6.88. The summed E-state index contributed by atoms with van der Waals surface area (Å²) in [5.41, 5.74) is 6.49. The summed E-state index contributed by atoms with van der Waals surface area (Å²) in [6.45, 7) is 1.75. The molecule has 0 bridgehead atoms. The summed E-state index contributed by atoms with van der Waals surface area (Å²) in [6.07, 6.45) is 5.23. The molecule has 1 aromatic heterocycles. The highest BCUT2D eigenvalue weighted by molar-refractivity contribution is 9.10. The van der Waals surface area contributed by atoms with Crippen LogP contribution in [0.3, 0.4) is 0 Å². The van der Waals surface area contributed by atoms with Gasteiger partial charge in [-0.1, -0.05) is 27.9 Å². The maximum atomic E-state index is 12.0. The van der Waals surface area contributed by atoms with Gasteiger partial charge in [0.05, 0.1) is 11.7 Å². The number of fused-ring (bicyclic) bond motifs is 1. The fraction of sp³-hybridized carbons (Fsp3) is 0.154. The van der Waals surface area contributed by atoms with E-state index in [9.17, 15) is 4.79 Å². The fourth-order valence-electron chi connectivity index (χ4n) is 1.56. The lowest BCUT2D eigenvalue weighted by atomic mass is 10.2. The molecule has 2 aromatic rings. The smallest absolute Gasteiger partial charge is 0.264 e. The molecule has 92 valence electrons. The van der Waals surface area contributed by atoms with Crippen molar-refractivity contribution >= 4 is 48.9 Å². The summed E-state index contributed by atoms with van der Waals surface area (Å²) in [7, 11) is 0. The van der Waals surface area contributed by atoms with Crippen LogP contribution in [0.5, 0.6) is 0 Å². The number of halogens is 1. The zero-order valence-electron chi connectivity index (χ0n) is 9.66. The van der Waals surface area contributed by atoms with Crippen LogP contribution in [0.2, 0.25) is 0 Å². The molecule has 0 saturated carbocycles. The number of benzene rings is 1. The van der Waals surface area contributed by atoms with E-state index in [1.165, 1.54) is 11.3 Å². The Labute approximate surface area is 117 Å². The van der Waals surface area contributed by atoms with E-state index in [-0.39, 0.29) is 11.9 Å². The average Bonchev–Trinajstić information content (AvgIpc) is 2.66. The summed E-state index contributed by atoms with van der Waals surface area (Å²) >= 11 is 4.76. The van der Waals surface area contributed by atoms with Gasteiger partial charge in [0.1, 0.15) is 4.88 Å². The molecule has 1 atom stereocenters. The molecule has 5 heteroatoms. The highest BCUT2D eigenvalue weighted by atomic mass is 79.9. The van der Waals surface area contributed by atoms with Gasteiger partial charge >= 0.3 is 0 Å². The molecule has 18 heavy (non-hydrogen) atoms. The normalized spacial score (nSPS) is 12.1. The molecule has 0 saturated heterocycles. The maximum Gasteiger partial charge on any atom is 0.264 e. The number of nitrogens with one attached hydrogen (secondary N) is 1. The maximum absolute atomic E-state index is 12.0. The van der Waals surface area contributed by atoms with Crippen LogP contribution in [0.1, 0.15) is 16.6 Å². The first kappa shape index (κ1) is 12.9. The van der Waals surface area contributed by atoms with Gasteiger partial charge in [-0.25, -0.2) is 0 Å². The summed E-state index contributed by atoms with van der Waals surface area (Å²) in [6, 6.07) is 5.43. The lowest BCUT2D eigenvalue weighted by Crippen LogP contribution is -2.31. The minimum atomic E-state index is -0.311. The lowest BCUT2D eigenvalue weighted by molar-refractivity contribution is 0.0953. The molecule has 0 aliphatic rings. The van der Waals surface area contributed by atoms with Crippen LogP contribution in [-0.4, -0.2) is 11.9 Å². The van der Waals surface area contributed by atoms with E-state index in [1.54, 1.807) is 6.92 Å². The minimum absolute atomic E-state index is 0.227. The van der Waals surface area contributed by atoms with E-state index < -0.39 is 0 Å². The van der Waals surface area contributed by atoms with Crippen molar-refractivity contribution in [2.45, 2.75) is 13.0 Å². The fourth-order valence-corrected chi connectivity index (χ4v) is 3.14. The molecule has 0 spiro atoms. The first-order valence-electron chi connectivity index (χ1n) is 5.27. The van der Waals surface area contributed by atoms with Gasteiger partial charge in [-0.2, -0.15) is 0 Å². The van der Waals surface area contributed by atoms with Gasteiger partial charge in [0.25, 0.3) is 5.91 Å². The molecule has 3 N–H and O–H groups in total. The Hall–Kier alpha value is -1.51. The van der Waals surface area contributed by atoms with E-state index in [0.29, 0.717) is 10.6 Å². The molecule has 1 amide bonds. The molecule has 0 radical (unpaired) electrons. The number of carbonyl (C=O) groups is 1. The Balaban J connectivity index is 2.43.